The molecular weight excluding hydrogens is 204 g/mol. The highest BCUT2D eigenvalue weighted by Gasteiger charge is 2.15. The third-order valence-corrected chi connectivity index (χ3v) is 2.66. The molecule has 0 aliphatic rings. The molecule has 1 heterocycles. The van der Waals surface area contributed by atoms with E-state index in [9.17, 15) is 4.79 Å². The van der Waals surface area contributed by atoms with Gasteiger partial charge in [0.25, 0.3) is 0 Å². The zero-order valence-electron chi connectivity index (χ0n) is 9.73. The van der Waals surface area contributed by atoms with E-state index in [0.29, 0.717) is 11.4 Å². The zero-order valence-corrected chi connectivity index (χ0v) is 9.73. The van der Waals surface area contributed by atoms with Crippen molar-refractivity contribution >= 4 is 11.7 Å². The molecule has 0 aliphatic carbocycles. The van der Waals surface area contributed by atoms with E-state index in [0.717, 1.165) is 12.8 Å². The summed E-state index contributed by atoms with van der Waals surface area (Å²) in [5.74, 6) is 0.439. The van der Waals surface area contributed by atoms with E-state index in [-0.39, 0.29) is 18.4 Å². The van der Waals surface area contributed by atoms with E-state index in [1.54, 1.807) is 18.3 Å². The Labute approximate surface area is 95.7 Å². The first-order chi connectivity index (χ1) is 7.72. The molecular formula is C12H18N2O2. The number of aliphatic hydroxyl groups is 1. The molecule has 1 amide bonds. The number of amides is 1. The summed E-state index contributed by atoms with van der Waals surface area (Å²) in [6, 6.07) is 3.48. The second-order valence-corrected chi connectivity index (χ2v) is 3.67. The Balaban J connectivity index is 2.76. The van der Waals surface area contributed by atoms with Crippen molar-refractivity contribution < 1.29 is 9.90 Å². The molecule has 0 unspecified atom stereocenters. The molecule has 2 N–H and O–H groups in total. The molecule has 0 saturated carbocycles. The van der Waals surface area contributed by atoms with Crippen molar-refractivity contribution in [3.8, 4) is 0 Å². The Kier molecular flexibility index (Phi) is 4.92. The van der Waals surface area contributed by atoms with Gasteiger partial charge in [0.15, 0.2) is 0 Å². The van der Waals surface area contributed by atoms with Gasteiger partial charge in [0.05, 0.1) is 6.61 Å². The van der Waals surface area contributed by atoms with Gasteiger partial charge in [-0.25, -0.2) is 4.98 Å². The number of hydrogen-bond acceptors (Lipinski definition) is 3. The van der Waals surface area contributed by atoms with Gasteiger partial charge in [-0.15, -0.1) is 0 Å². The second-order valence-electron chi connectivity index (χ2n) is 3.67. The Hall–Kier alpha value is -1.42. The molecule has 4 heteroatoms. The number of anilines is 1. The number of nitrogens with one attached hydrogen (secondary N) is 1. The number of carbonyl (C=O) groups is 1. The van der Waals surface area contributed by atoms with Gasteiger partial charge < -0.3 is 10.4 Å². The quantitative estimate of drug-likeness (QED) is 0.800. The molecule has 1 aromatic heterocycles. The first-order valence-electron chi connectivity index (χ1n) is 5.58. The highest BCUT2D eigenvalue weighted by Crippen LogP contribution is 2.15. The van der Waals surface area contributed by atoms with Crippen LogP contribution < -0.4 is 5.32 Å². The summed E-state index contributed by atoms with van der Waals surface area (Å²) in [5, 5.41) is 11.8. The van der Waals surface area contributed by atoms with Gasteiger partial charge in [0, 0.05) is 17.7 Å². The van der Waals surface area contributed by atoms with E-state index >= 15 is 0 Å². The summed E-state index contributed by atoms with van der Waals surface area (Å²) in [4.78, 5) is 15.9. The van der Waals surface area contributed by atoms with Gasteiger partial charge in [0.2, 0.25) is 5.91 Å². The molecule has 0 fully saturated rings. The van der Waals surface area contributed by atoms with Crippen LogP contribution in [0.5, 0.6) is 0 Å². The zero-order chi connectivity index (χ0) is 12.0. The molecule has 0 spiro atoms. The van der Waals surface area contributed by atoms with Crippen molar-refractivity contribution in [3.63, 3.8) is 0 Å². The highest BCUT2D eigenvalue weighted by atomic mass is 16.3. The van der Waals surface area contributed by atoms with Crippen molar-refractivity contribution in [3.05, 3.63) is 23.9 Å². The number of carbonyl (C=O) groups excluding carboxylic acids is 1. The number of nitrogens with zero attached hydrogens (tertiary/aromatic N) is 1. The summed E-state index contributed by atoms with van der Waals surface area (Å²) >= 11 is 0. The first-order valence-corrected chi connectivity index (χ1v) is 5.58. The van der Waals surface area contributed by atoms with Gasteiger partial charge in [-0.3, -0.25) is 4.79 Å². The maximum Gasteiger partial charge on any atom is 0.228 e. The van der Waals surface area contributed by atoms with Crippen LogP contribution in [-0.2, 0) is 11.4 Å². The van der Waals surface area contributed by atoms with Crippen LogP contribution in [0.4, 0.5) is 5.82 Å². The molecule has 0 aliphatic heterocycles. The summed E-state index contributed by atoms with van der Waals surface area (Å²) in [5.41, 5.74) is 0.641. The van der Waals surface area contributed by atoms with Crippen molar-refractivity contribution in [2.75, 3.05) is 5.32 Å². The molecule has 0 bridgehead atoms. The fourth-order valence-corrected chi connectivity index (χ4v) is 1.56. The normalized spacial score (nSPS) is 10.5. The topological polar surface area (TPSA) is 62.2 Å². The fourth-order valence-electron chi connectivity index (χ4n) is 1.56. The predicted molar refractivity (Wildman–Crippen MR) is 62.9 cm³/mol. The van der Waals surface area contributed by atoms with Crippen LogP contribution in [0.25, 0.3) is 0 Å². The molecule has 0 saturated heterocycles. The number of rotatable bonds is 5. The molecule has 0 atom stereocenters. The third kappa shape index (κ3) is 3.03. The van der Waals surface area contributed by atoms with Crippen LogP contribution in [0.1, 0.15) is 32.3 Å². The monoisotopic (exact) mass is 222 g/mol. The lowest BCUT2D eigenvalue weighted by molar-refractivity contribution is -0.120. The summed E-state index contributed by atoms with van der Waals surface area (Å²) in [6.07, 6.45) is 3.22. The minimum atomic E-state index is -0.119. The van der Waals surface area contributed by atoms with Crippen LogP contribution >= 0.6 is 0 Å². The van der Waals surface area contributed by atoms with Gasteiger partial charge in [0.1, 0.15) is 5.82 Å². The maximum absolute atomic E-state index is 11.8. The van der Waals surface area contributed by atoms with E-state index in [1.165, 1.54) is 0 Å². The average Bonchev–Trinajstić information content (AvgIpc) is 2.31. The molecule has 1 aromatic rings. The minimum Gasteiger partial charge on any atom is -0.392 e. The van der Waals surface area contributed by atoms with Gasteiger partial charge in [-0.05, 0) is 18.9 Å². The molecule has 4 nitrogen and oxygen atoms in total. The van der Waals surface area contributed by atoms with E-state index in [2.05, 4.69) is 10.3 Å². The Bertz CT molecular complexity index is 349. The van der Waals surface area contributed by atoms with Crippen LogP contribution in [0.2, 0.25) is 0 Å². The predicted octanol–water partition coefficient (Wildman–Crippen LogP) is 1.95. The SMILES string of the molecule is CCC(CC)C(=O)Nc1ncccc1CO. The Morgan fingerprint density at radius 2 is 2.19 bits per heavy atom. The van der Waals surface area contributed by atoms with Crippen molar-refractivity contribution in [1.29, 1.82) is 0 Å². The molecule has 0 radical (unpaired) electrons. The van der Waals surface area contributed by atoms with Crippen LogP contribution in [0.3, 0.4) is 0 Å². The van der Waals surface area contributed by atoms with Crippen molar-refractivity contribution in [1.82, 2.24) is 4.98 Å². The highest BCUT2D eigenvalue weighted by molar-refractivity contribution is 5.92. The number of hydrogen-bond donors (Lipinski definition) is 2. The lowest BCUT2D eigenvalue weighted by atomic mass is 10.0. The van der Waals surface area contributed by atoms with Crippen LogP contribution in [-0.4, -0.2) is 16.0 Å². The number of pyridine rings is 1. The van der Waals surface area contributed by atoms with Crippen LogP contribution in [0, 0.1) is 5.92 Å². The van der Waals surface area contributed by atoms with E-state index in [1.807, 2.05) is 13.8 Å². The van der Waals surface area contributed by atoms with E-state index < -0.39 is 0 Å². The lowest BCUT2D eigenvalue weighted by Crippen LogP contribution is -2.23. The summed E-state index contributed by atoms with van der Waals surface area (Å²) in [7, 11) is 0. The number of aliphatic hydroxyl groups excluding tert-OH is 1. The second kappa shape index (κ2) is 6.23. The van der Waals surface area contributed by atoms with Gasteiger partial charge in [-0.1, -0.05) is 19.9 Å². The molecule has 1 rings (SSSR count). The third-order valence-electron chi connectivity index (χ3n) is 2.66. The maximum atomic E-state index is 11.8. The number of aromatic nitrogens is 1. The Morgan fingerprint density at radius 3 is 2.75 bits per heavy atom. The first kappa shape index (κ1) is 12.6. The summed E-state index contributed by atoms with van der Waals surface area (Å²) in [6.45, 7) is 3.85. The minimum absolute atomic E-state index is 0.00792. The van der Waals surface area contributed by atoms with E-state index in [4.69, 9.17) is 5.11 Å². The smallest absolute Gasteiger partial charge is 0.228 e. The molecule has 88 valence electrons. The molecule has 16 heavy (non-hydrogen) atoms. The standard InChI is InChI=1S/C12H18N2O2/c1-3-9(4-2)12(16)14-11-10(8-15)6-5-7-13-11/h5-7,9,15H,3-4,8H2,1-2H3,(H,13,14,16). The van der Waals surface area contributed by atoms with Crippen molar-refractivity contribution in [2.45, 2.75) is 33.3 Å². The average molecular weight is 222 g/mol. The summed E-state index contributed by atoms with van der Waals surface area (Å²) < 4.78 is 0. The lowest BCUT2D eigenvalue weighted by Gasteiger charge is -2.13. The Morgan fingerprint density at radius 1 is 1.50 bits per heavy atom. The molecule has 0 aromatic carbocycles. The van der Waals surface area contributed by atoms with Crippen LogP contribution in [0.15, 0.2) is 18.3 Å². The van der Waals surface area contributed by atoms with Gasteiger partial charge >= 0.3 is 0 Å². The fraction of sp³-hybridized carbons (Fsp3) is 0.500. The van der Waals surface area contributed by atoms with Gasteiger partial charge in [-0.2, -0.15) is 0 Å². The van der Waals surface area contributed by atoms with Crippen molar-refractivity contribution in [2.24, 2.45) is 5.92 Å². The largest absolute Gasteiger partial charge is 0.392 e.